The molecule has 0 aliphatic carbocycles. The summed E-state index contributed by atoms with van der Waals surface area (Å²) >= 11 is 1.57. The molecule has 1 fully saturated rings. The van der Waals surface area contributed by atoms with Crippen LogP contribution in [0.25, 0.3) is 0 Å². The lowest BCUT2D eigenvalue weighted by molar-refractivity contribution is -0.150. The number of aromatic nitrogens is 1. The van der Waals surface area contributed by atoms with Crippen LogP contribution >= 0.6 is 11.3 Å². The number of carbonyl (C=O) groups is 2. The first kappa shape index (κ1) is 15.8. The van der Waals surface area contributed by atoms with Gasteiger partial charge in [-0.1, -0.05) is 0 Å². The number of aliphatic carboxylic acids is 1. The smallest absolute Gasteiger partial charge is 0.329 e. The van der Waals surface area contributed by atoms with Crippen molar-refractivity contribution < 1.29 is 14.7 Å². The number of rotatable bonds is 4. The third-order valence-electron chi connectivity index (χ3n) is 3.88. The van der Waals surface area contributed by atoms with Crippen molar-refractivity contribution in [3.05, 3.63) is 16.1 Å². The van der Waals surface area contributed by atoms with E-state index < -0.39 is 11.5 Å². The molecule has 1 unspecified atom stereocenters. The molecular formula is C14H21N3O3S. The topological polar surface area (TPSA) is 82.5 Å². The van der Waals surface area contributed by atoms with E-state index in [1.165, 1.54) is 4.90 Å². The SMILES string of the molecule is Cc1csc(CCNC(=O)N2CCCCC2(C)C(=O)O)n1. The Hall–Kier alpha value is -1.63. The van der Waals surface area contributed by atoms with Crippen LogP contribution in [0.4, 0.5) is 4.79 Å². The zero-order chi connectivity index (χ0) is 15.5. The van der Waals surface area contributed by atoms with Crippen LogP contribution in [-0.2, 0) is 11.2 Å². The van der Waals surface area contributed by atoms with Gasteiger partial charge in [-0.25, -0.2) is 14.6 Å². The summed E-state index contributed by atoms with van der Waals surface area (Å²) in [6, 6.07) is -0.298. The third-order valence-corrected chi connectivity index (χ3v) is 4.91. The molecule has 2 heterocycles. The molecule has 7 heteroatoms. The first-order chi connectivity index (χ1) is 9.93. The molecule has 1 aliphatic heterocycles. The first-order valence-corrected chi connectivity index (χ1v) is 8.01. The Balaban J connectivity index is 1.90. The van der Waals surface area contributed by atoms with Gasteiger partial charge < -0.3 is 15.3 Å². The Bertz CT molecular complexity index is 531. The number of nitrogens with zero attached hydrogens (tertiary/aromatic N) is 2. The van der Waals surface area contributed by atoms with Crippen LogP contribution in [0, 0.1) is 6.92 Å². The number of hydrogen-bond acceptors (Lipinski definition) is 4. The van der Waals surface area contributed by atoms with Crippen LogP contribution in [0.15, 0.2) is 5.38 Å². The van der Waals surface area contributed by atoms with Crippen molar-refractivity contribution >= 4 is 23.3 Å². The maximum absolute atomic E-state index is 12.2. The van der Waals surface area contributed by atoms with E-state index in [4.69, 9.17) is 0 Å². The molecule has 2 rings (SSSR count). The molecule has 6 nitrogen and oxygen atoms in total. The fraction of sp³-hybridized carbons (Fsp3) is 0.643. The maximum atomic E-state index is 12.2. The van der Waals surface area contributed by atoms with Crippen molar-refractivity contribution in [2.24, 2.45) is 0 Å². The lowest BCUT2D eigenvalue weighted by Gasteiger charge is -2.41. The molecular weight excluding hydrogens is 290 g/mol. The minimum absolute atomic E-state index is 0.298. The van der Waals surface area contributed by atoms with Gasteiger partial charge in [-0.3, -0.25) is 0 Å². The molecule has 2 N–H and O–H groups in total. The predicted octanol–water partition coefficient (Wildman–Crippen LogP) is 2.03. The highest BCUT2D eigenvalue weighted by Crippen LogP contribution is 2.28. The number of carbonyl (C=O) groups excluding carboxylic acids is 1. The summed E-state index contributed by atoms with van der Waals surface area (Å²) in [5, 5.41) is 15.2. The van der Waals surface area contributed by atoms with E-state index in [0.29, 0.717) is 25.9 Å². The molecule has 1 aliphatic rings. The van der Waals surface area contributed by atoms with E-state index in [0.717, 1.165) is 23.5 Å². The summed E-state index contributed by atoms with van der Waals surface area (Å²) in [5.74, 6) is -0.937. The average Bonchev–Trinajstić information content (AvgIpc) is 2.84. The van der Waals surface area contributed by atoms with Crippen molar-refractivity contribution in [1.82, 2.24) is 15.2 Å². The molecule has 21 heavy (non-hydrogen) atoms. The Labute approximate surface area is 128 Å². The summed E-state index contributed by atoms with van der Waals surface area (Å²) in [5.41, 5.74) is -0.115. The van der Waals surface area contributed by atoms with Crippen molar-refractivity contribution in [2.75, 3.05) is 13.1 Å². The number of urea groups is 1. The van der Waals surface area contributed by atoms with Gasteiger partial charge in [0, 0.05) is 30.6 Å². The summed E-state index contributed by atoms with van der Waals surface area (Å²) < 4.78 is 0. The quantitative estimate of drug-likeness (QED) is 0.891. The highest BCUT2D eigenvalue weighted by molar-refractivity contribution is 7.09. The van der Waals surface area contributed by atoms with Crippen molar-refractivity contribution in [3.63, 3.8) is 0 Å². The van der Waals surface area contributed by atoms with E-state index in [1.54, 1.807) is 18.3 Å². The molecule has 0 spiro atoms. The Morgan fingerprint density at radius 2 is 2.29 bits per heavy atom. The number of amides is 2. The van der Waals surface area contributed by atoms with Crippen molar-refractivity contribution in [3.8, 4) is 0 Å². The van der Waals surface area contributed by atoms with Crippen LogP contribution < -0.4 is 5.32 Å². The molecule has 1 aromatic rings. The lowest BCUT2D eigenvalue weighted by Crippen LogP contribution is -2.60. The zero-order valence-electron chi connectivity index (χ0n) is 12.4. The standard InChI is InChI=1S/C14H21N3O3S/c1-10-9-21-11(16-10)5-7-15-13(20)17-8-4-3-6-14(17,2)12(18)19/h9H,3-8H2,1-2H3,(H,15,20)(H,18,19). The van der Waals surface area contributed by atoms with Crippen LogP contribution in [0.3, 0.4) is 0 Å². The molecule has 0 saturated carbocycles. The Kier molecular flexibility index (Phi) is 4.82. The predicted molar refractivity (Wildman–Crippen MR) is 80.6 cm³/mol. The molecule has 1 atom stereocenters. The number of carboxylic acids is 1. The van der Waals surface area contributed by atoms with Gasteiger partial charge in [0.15, 0.2) is 0 Å². The van der Waals surface area contributed by atoms with Gasteiger partial charge in [0.1, 0.15) is 5.54 Å². The average molecular weight is 311 g/mol. The monoisotopic (exact) mass is 311 g/mol. The van der Waals surface area contributed by atoms with Gasteiger partial charge in [-0.15, -0.1) is 11.3 Å². The van der Waals surface area contributed by atoms with E-state index in [-0.39, 0.29) is 6.03 Å². The van der Waals surface area contributed by atoms with E-state index in [9.17, 15) is 14.7 Å². The minimum Gasteiger partial charge on any atom is -0.480 e. The molecule has 1 aromatic heterocycles. The molecule has 0 radical (unpaired) electrons. The highest BCUT2D eigenvalue weighted by Gasteiger charge is 2.43. The van der Waals surface area contributed by atoms with Gasteiger partial charge in [-0.2, -0.15) is 0 Å². The molecule has 0 aromatic carbocycles. The maximum Gasteiger partial charge on any atom is 0.329 e. The number of nitrogens with one attached hydrogen (secondary N) is 1. The molecule has 1 saturated heterocycles. The number of piperidine rings is 1. The second-order valence-electron chi connectivity index (χ2n) is 5.55. The van der Waals surface area contributed by atoms with Crippen LogP contribution in [0.2, 0.25) is 0 Å². The fourth-order valence-electron chi connectivity index (χ4n) is 2.56. The van der Waals surface area contributed by atoms with Gasteiger partial charge >= 0.3 is 12.0 Å². The van der Waals surface area contributed by atoms with Gasteiger partial charge in [0.05, 0.1) is 5.01 Å². The summed E-state index contributed by atoms with van der Waals surface area (Å²) in [6.45, 7) is 4.52. The van der Waals surface area contributed by atoms with E-state index >= 15 is 0 Å². The summed E-state index contributed by atoms with van der Waals surface area (Å²) in [4.78, 5) is 29.5. The lowest BCUT2D eigenvalue weighted by atomic mass is 9.89. The number of likely N-dealkylation sites (tertiary alicyclic amines) is 1. The third kappa shape index (κ3) is 3.53. The second-order valence-corrected chi connectivity index (χ2v) is 6.49. The number of carboxylic acid groups (broad SMARTS) is 1. The van der Waals surface area contributed by atoms with Gasteiger partial charge in [0.25, 0.3) is 0 Å². The number of thiazole rings is 1. The van der Waals surface area contributed by atoms with Crippen molar-refractivity contribution in [2.45, 2.75) is 45.1 Å². The molecule has 0 bridgehead atoms. The molecule has 116 valence electrons. The normalized spacial score (nSPS) is 22.1. The highest BCUT2D eigenvalue weighted by atomic mass is 32.1. The van der Waals surface area contributed by atoms with Crippen LogP contribution in [0.5, 0.6) is 0 Å². The fourth-order valence-corrected chi connectivity index (χ4v) is 3.33. The second kappa shape index (κ2) is 6.43. The van der Waals surface area contributed by atoms with Crippen molar-refractivity contribution in [1.29, 1.82) is 0 Å². The zero-order valence-corrected chi connectivity index (χ0v) is 13.2. The number of aryl methyl sites for hydroxylation is 1. The molecule has 2 amide bonds. The van der Waals surface area contributed by atoms with E-state index in [1.807, 2.05) is 12.3 Å². The number of hydrogen-bond donors (Lipinski definition) is 2. The minimum atomic E-state index is -1.10. The Morgan fingerprint density at radius 1 is 1.52 bits per heavy atom. The van der Waals surface area contributed by atoms with Crippen LogP contribution in [0.1, 0.15) is 36.9 Å². The largest absolute Gasteiger partial charge is 0.480 e. The van der Waals surface area contributed by atoms with Gasteiger partial charge in [0.2, 0.25) is 0 Å². The summed E-state index contributed by atoms with van der Waals surface area (Å²) in [6.07, 6.45) is 2.86. The summed E-state index contributed by atoms with van der Waals surface area (Å²) in [7, 11) is 0. The van der Waals surface area contributed by atoms with Gasteiger partial charge in [-0.05, 0) is 33.1 Å². The first-order valence-electron chi connectivity index (χ1n) is 7.13. The van der Waals surface area contributed by atoms with E-state index in [2.05, 4.69) is 10.3 Å². The van der Waals surface area contributed by atoms with Crippen LogP contribution in [-0.4, -0.2) is 45.6 Å². The Morgan fingerprint density at radius 3 is 2.90 bits per heavy atom.